The van der Waals surface area contributed by atoms with Crippen LogP contribution >= 0.6 is 0 Å². The van der Waals surface area contributed by atoms with Gasteiger partial charge in [-0.25, -0.2) is 0 Å². The first kappa shape index (κ1) is 9.15. The van der Waals surface area contributed by atoms with Gasteiger partial charge in [0, 0.05) is 5.92 Å². The molecule has 0 rings (SSSR count). The normalized spacial score (nSPS) is 14.7. The third-order valence-corrected chi connectivity index (χ3v) is 1.34. The lowest BCUT2D eigenvalue weighted by Gasteiger charge is -1.95. The van der Waals surface area contributed by atoms with Crippen LogP contribution in [0.3, 0.4) is 0 Å². The van der Waals surface area contributed by atoms with Crippen LogP contribution in [-0.4, -0.2) is 5.78 Å². The molecule has 0 saturated heterocycles. The van der Waals surface area contributed by atoms with Gasteiger partial charge in [-0.05, 0) is 13.8 Å². The average molecular weight is 138 g/mol. The Morgan fingerprint density at radius 3 is 2.40 bits per heavy atom. The molecular weight excluding hydrogens is 124 g/mol. The summed E-state index contributed by atoms with van der Waals surface area (Å²) in [5.74, 6) is 0.261. The van der Waals surface area contributed by atoms with E-state index in [4.69, 9.17) is 0 Å². The number of carbonyl (C=O) groups excluding carboxylic acids is 1. The van der Waals surface area contributed by atoms with Crippen LogP contribution < -0.4 is 0 Å². The zero-order chi connectivity index (χ0) is 7.98. The standard InChI is InChI=1S/C9H14O/c1-4-5-6-7-8(2)9(3)10/h4-8H,1-3H3/b5-4-,7-6+/t8-/m1/s1. The fraction of sp³-hybridized carbons (Fsp3) is 0.444. The van der Waals surface area contributed by atoms with Gasteiger partial charge in [0.25, 0.3) is 0 Å². The van der Waals surface area contributed by atoms with E-state index >= 15 is 0 Å². The van der Waals surface area contributed by atoms with Crippen molar-refractivity contribution in [3.8, 4) is 0 Å². The number of allylic oxidation sites excluding steroid dienone is 4. The third kappa shape index (κ3) is 4.07. The van der Waals surface area contributed by atoms with E-state index < -0.39 is 0 Å². The summed E-state index contributed by atoms with van der Waals surface area (Å²) < 4.78 is 0. The number of carbonyl (C=O) groups is 1. The molecule has 0 N–H and O–H groups in total. The first-order valence-corrected chi connectivity index (χ1v) is 3.48. The second-order valence-corrected chi connectivity index (χ2v) is 2.31. The van der Waals surface area contributed by atoms with E-state index in [1.807, 2.05) is 38.2 Å². The zero-order valence-corrected chi connectivity index (χ0v) is 6.79. The number of Topliss-reactive ketones (excluding diaryl/α,β-unsaturated/α-hetero) is 1. The number of ketones is 1. The van der Waals surface area contributed by atoms with Crippen LogP contribution in [-0.2, 0) is 4.79 Å². The van der Waals surface area contributed by atoms with Crippen molar-refractivity contribution in [1.82, 2.24) is 0 Å². The monoisotopic (exact) mass is 138 g/mol. The predicted molar refractivity (Wildman–Crippen MR) is 43.8 cm³/mol. The Morgan fingerprint density at radius 2 is 2.00 bits per heavy atom. The minimum Gasteiger partial charge on any atom is -0.299 e. The molecule has 0 spiro atoms. The van der Waals surface area contributed by atoms with Crippen LogP contribution in [0.25, 0.3) is 0 Å². The molecule has 10 heavy (non-hydrogen) atoms. The van der Waals surface area contributed by atoms with Crippen LogP contribution in [0.1, 0.15) is 20.8 Å². The molecule has 0 aliphatic heterocycles. The molecule has 0 amide bonds. The molecule has 0 radical (unpaired) electrons. The van der Waals surface area contributed by atoms with E-state index in [2.05, 4.69) is 0 Å². The van der Waals surface area contributed by atoms with Crippen molar-refractivity contribution in [3.63, 3.8) is 0 Å². The first-order valence-electron chi connectivity index (χ1n) is 3.48. The van der Waals surface area contributed by atoms with Gasteiger partial charge in [-0.3, -0.25) is 4.79 Å². The van der Waals surface area contributed by atoms with Crippen molar-refractivity contribution in [3.05, 3.63) is 24.3 Å². The second kappa shape index (κ2) is 4.98. The van der Waals surface area contributed by atoms with Crippen molar-refractivity contribution in [2.75, 3.05) is 0 Å². The van der Waals surface area contributed by atoms with Crippen LogP contribution in [0, 0.1) is 5.92 Å². The fourth-order valence-electron chi connectivity index (χ4n) is 0.477. The molecule has 1 atom stereocenters. The highest BCUT2D eigenvalue weighted by atomic mass is 16.1. The quantitative estimate of drug-likeness (QED) is 0.547. The smallest absolute Gasteiger partial charge is 0.136 e. The highest BCUT2D eigenvalue weighted by Gasteiger charge is 1.99. The van der Waals surface area contributed by atoms with Gasteiger partial charge in [0.2, 0.25) is 0 Å². The molecule has 0 fully saturated rings. The van der Waals surface area contributed by atoms with Gasteiger partial charge >= 0.3 is 0 Å². The van der Waals surface area contributed by atoms with E-state index in [-0.39, 0.29) is 11.7 Å². The minimum absolute atomic E-state index is 0.0520. The van der Waals surface area contributed by atoms with Gasteiger partial charge in [-0.15, -0.1) is 0 Å². The zero-order valence-electron chi connectivity index (χ0n) is 6.79. The van der Waals surface area contributed by atoms with Crippen molar-refractivity contribution < 1.29 is 4.79 Å². The summed E-state index contributed by atoms with van der Waals surface area (Å²) in [6.07, 6.45) is 7.64. The second-order valence-electron chi connectivity index (χ2n) is 2.31. The molecule has 0 bridgehead atoms. The topological polar surface area (TPSA) is 17.1 Å². The lowest BCUT2D eigenvalue weighted by molar-refractivity contribution is -0.118. The highest BCUT2D eigenvalue weighted by Crippen LogP contribution is 1.97. The van der Waals surface area contributed by atoms with Gasteiger partial charge in [0.1, 0.15) is 5.78 Å². The van der Waals surface area contributed by atoms with Crippen molar-refractivity contribution in [1.29, 1.82) is 0 Å². The Kier molecular flexibility index (Phi) is 4.55. The van der Waals surface area contributed by atoms with Gasteiger partial charge in [0.15, 0.2) is 0 Å². The van der Waals surface area contributed by atoms with E-state index in [1.165, 1.54) is 0 Å². The van der Waals surface area contributed by atoms with Crippen LogP contribution in [0.5, 0.6) is 0 Å². The van der Waals surface area contributed by atoms with E-state index in [9.17, 15) is 4.79 Å². The molecule has 56 valence electrons. The average Bonchev–Trinajstić information content (AvgIpc) is 1.88. The summed E-state index contributed by atoms with van der Waals surface area (Å²) in [6, 6.07) is 0. The Morgan fingerprint density at radius 1 is 1.40 bits per heavy atom. The fourth-order valence-corrected chi connectivity index (χ4v) is 0.477. The lowest BCUT2D eigenvalue weighted by atomic mass is 10.1. The van der Waals surface area contributed by atoms with Gasteiger partial charge in [0.05, 0.1) is 0 Å². The molecule has 0 unspecified atom stereocenters. The van der Waals surface area contributed by atoms with Crippen LogP contribution in [0.15, 0.2) is 24.3 Å². The highest BCUT2D eigenvalue weighted by molar-refractivity contribution is 5.79. The molecule has 0 saturated carbocycles. The third-order valence-electron chi connectivity index (χ3n) is 1.34. The maximum Gasteiger partial charge on any atom is 0.136 e. The molecule has 1 heteroatoms. The van der Waals surface area contributed by atoms with Crippen molar-refractivity contribution in [2.24, 2.45) is 5.92 Å². The molecule has 0 aromatic heterocycles. The molecule has 0 aromatic carbocycles. The number of hydrogen-bond acceptors (Lipinski definition) is 1. The van der Waals surface area contributed by atoms with Gasteiger partial charge in [-0.1, -0.05) is 31.2 Å². The van der Waals surface area contributed by atoms with E-state index in [0.29, 0.717) is 0 Å². The Hall–Kier alpha value is -0.850. The summed E-state index contributed by atoms with van der Waals surface area (Å²) in [5, 5.41) is 0. The summed E-state index contributed by atoms with van der Waals surface area (Å²) in [5.41, 5.74) is 0. The largest absolute Gasteiger partial charge is 0.299 e. The Bertz CT molecular complexity index is 154. The molecule has 0 heterocycles. The molecular formula is C9H14O. The van der Waals surface area contributed by atoms with Crippen LogP contribution in [0.2, 0.25) is 0 Å². The lowest BCUT2D eigenvalue weighted by Crippen LogP contribution is -2.01. The predicted octanol–water partition coefficient (Wildman–Crippen LogP) is 2.34. The maximum absolute atomic E-state index is 10.7. The summed E-state index contributed by atoms with van der Waals surface area (Å²) in [4.78, 5) is 10.7. The van der Waals surface area contributed by atoms with E-state index in [1.54, 1.807) is 6.92 Å². The summed E-state index contributed by atoms with van der Waals surface area (Å²) in [7, 11) is 0. The maximum atomic E-state index is 10.7. The number of hydrogen-bond donors (Lipinski definition) is 0. The van der Waals surface area contributed by atoms with E-state index in [0.717, 1.165) is 0 Å². The molecule has 0 aliphatic rings. The SMILES string of the molecule is C/C=C\C=C\[C@@H](C)C(C)=O. The van der Waals surface area contributed by atoms with Gasteiger partial charge in [-0.2, -0.15) is 0 Å². The molecule has 1 nitrogen and oxygen atoms in total. The Labute approximate surface area is 62.4 Å². The molecule has 0 aliphatic carbocycles. The van der Waals surface area contributed by atoms with Crippen molar-refractivity contribution >= 4 is 5.78 Å². The summed E-state index contributed by atoms with van der Waals surface area (Å²) in [6.45, 7) is 5.44. The summed E-state index contributed by atoms with van der Waals surface area (Å²) >= 11 is 0. The van der Waals surface area contributed by atoms with Gasteiger partial charge < -0.3 is 0 Å². The first-order chi connectivity index (χ1) is 4.68. The number of rotatable bonds is 3. The van der Waals surface area contributed by atoms with Crippen LogP contribution in [0.4, 0.5) is 0 Å². The molecule has 0 aromatic rings. The minimum atomic E-state index is 0.0520. The Balaban J connectivity index is 3.77. The van der Waals surface area contributed by atoms with Crippen molar-refractivity contribution in [2.45, 2.75) is 20.8 Å².